The van der Waals surface area contributed by atoms with Crippen LogP contribution in [0.5, 0.6) is 0 Å². The molecule has 2 atom stereocenters. The van der Waals surface area contributed by atoms with Gasteiger partial charge in [-0.25, -0.2) is 13.1 Å². The Balaban J connectivity index is 1.66. The maximum atomic E-state index is 12.5. The van der Waals surface area contributed by atoms with Crippen LogP contribution in [-0.2, 0) is 14.8 Å². The first-order valence-corrected chi connectivity index (χ1v) is 10.2. The normalized spacial score (nSPS) is 24.1. The van der Waals surface area contributed by atoms with E-state index in [-0.39, 0.29) is 17.9 Å². The van der Waals surface area contributed by atoms with Crippen molar-refractivity contribution in [1.82, 2.24) is 9.62 Å². The van der Waals surface area contributed by atoms with Crippen molar-refractivity contribution < 1.29 is 13.2 Å². The lowest BCUT2D eigenvalue weighted by molar-refractivity contribution is 0.0852. The summed E-state index contributed by atoms with van der Waals surface area (Å²) in [6, 6.07) is 9.47. The molecular formula is C17H26N2O3S. The summed E-state index contributed by atoms with van der Waals surface area (Å²) in [5.74, 6) is 0.156. The number of nitrogens with zero attached hydrogens (tertiary/aromatic N) is 1. The number of rotatable bonds is 7. The molecular weight excluding hydrogens is 312 g/mol. The second kappa shape index (κ2) is 7.75. The van der Waals surface area contributed by atoms with Gasteiger partial charge in [-0.1, -0.05) is 30.3 Å². The lowest BCUT2D eigenvalue weighted by atomic mass is 10.0. The van der Waals surface area contributed by atoms with Crippen LogP contribution in [0.4, 0.5) is 0 Å². The van der Waals surface area contributed by atoms with Crippen LogP contribution in [0.25, 0.3) is 0 Å². The molecule has 0 aromatic heterocycles. The van der Waals surface area contributed by atoms with E-state index in [0.29, 0.717) is 13.2 Å². The third-order valence-corrected chi connectivity index (χ3v) is 6.01. The van der Waals surface area contributed by atoms with Crippen molar-refractivity contribution in [3.63, 3.8) is 0 Å². The number of nitrogens with one attached hydrogen (secondary N) is 1. The smallest absolute Gasteiger partial charge is 0.213 e. The van der Waals surface area contributed by atoms with Crippen LogP contribution in [0, 0.1) is 0 Å². The van der Waals surface area contributed by atoms with Crippen molar-refractivity contribution in [2.24, 2.45) is 0 Å². The third kappa shape index (κ3) is 4.76. The van der Waals surface area contributed by atoms with E-state index in [4.69, 9.17) is 4.74 Å². The van der Waals surface area contributed by atoms with Gasteiger partial charge in [-0.05, 0) is 44.3 Å². The fourth-order valence-corrected chi connectivity index (χ4v) is 4.68. The summed E-state index contributed by atoms with van der Waals surface area (Å²) in [5, 5.41) is 0. The Morgan fingerprint density at radius 2 is 1.91 bits per heavy atom. The largest absolute Gasteiger partial charge is 0.376 e. The van der Waals surface area contributed by atoms with Gasteiger partial charge in [0, 0.05) is 13.2 Å². The summed E-state index contributed by atoms with van der Waals surface area (Å²) in [4.78, 5) is 2.23. The van der Waals surface area contributed by atoms with Gasteiger partial charge in [0.05, 0.1) is 17.9 Å². The van der Waals surface area contributed by atoms with Gasteiger partial charge in [0.15, 0.2) is 0 Å². The molecule has 2 heterocycles. The second-order valence-corrected chi connectivity index (χ2v) is 8.30. The number of ether oxygens (including phenoxy) is 1. The molecule has 0 saturated carbocycles. The van der Waals surface area contributed by atoms with Gasteiger partial charge in [0.1, 0.15) is 0 Å². The Bertz CT molecular complexity index is 579. The number of likely N-dealkylation sites (tertiary alicyclic amines) is 1. The number of benzene rings is 1. The van der Waals surface area contributed by atoms with Crippen molar-refractivity contribution in [2.75, 3.05) is 32.0 Å². The first-order valence-electron chi connectivity index (χ1n) is 8.53. The zero-order valence-corrected chi connectivity index (χ0v) is 14.3. The SMILES string of the molecule is O=S(=O)(CCN1CCCC1)NC(c1ccccc1)C1CCCO1. The predicted molar refractivity (Wildman–Crippen MR) is 90.8 cm³/mol. The minimum Gasteiger partial charge on any atom is -0.376 e. The number of hydrogen-bond donors (Lipinski definition) is 1. The molecule has 2 fully saturated rings. The van der Waals surface area contributed by atoms with Gasteiger partial charge in [-0.2, -0.15) is 0 Å². The molecule has 2 aliphatic heterocycles. The maximum Gasteiger partial charge on any atom is 0.213 e. The molecule has 0 bridgehead atoms. The molecule has 3 rings (SSSR count). The molecule has 0 radical (unpaired) electrons. The van der Waals surface area contributed by atoms with Gasteiger partial charge in [-0.15, -0.1) is 0 Å². The minimum atomic E-state index is -3.33. The predicted octanol–water partition coefficient (Wildman–Crippen LogP) is 1.92. The van der Waals surface area contributed by atoms with Gasteiger partial charge < -0.3 is 9.64 Å². The molecule has 6 heteroatoms. The van der Waals surface area contributed by atoms with Crippen LogP contribution in [0.15, 0.2) is 30.3 Å². The van der Waals surface area contributed by atoms with Crippen LogP contribution in [0.1, 0.15) is 37.3 Å². The monoisotopic (exact) mass is 338 g/mol. The van der Waals surface area contributed by atoms with Crippen LogP contribution in [0.2, 0.25) is 0 Å². The third-order valence-electron chi connectivity index (χ3n) is 4.68. The highest BCUT2D eigenvalue weighted by Crippen LogP contribution is 2.27. The van der Waals surface area contributed by atoms with E-state index in [0.717, 1.165) is 31.5 Å². The molecule has 5 nitrogen and oxygen atoms in total. The van der Waals surface area contributed by atoms with Crippen LogP contribution in [-0.4, -0.2) is 51.4 Å². The van der Waals surface area contributed by atoms with E-state index in [1.165, 1.54) is 12.8 Å². The van der Waals surface area contributed by atoms with Gasteiger partial charge in [0.2, 0.25) is 10.0 Å². The first kappa shape index (κ1) is 16.9. The van der Waals surface area contributed by atoms with Crippen molar-refractivity contribution in [2.45, 2.75) is 37.8 Å². The summed E-state index contributed by atoms with van der Waals surface area (Å²) in [7, 11) is -3.33. The average molecular weight is 338 g/mol. The Morgan fingerprint density at radius 3 is 2.57 bits per heavy atom. The fourth-order valence-electron chi connectivity index (χ4n) is 3.39. The molecule has 2 aliphatic rings. The van der Waals surface area contributed by atoms with E-state index < -0.39 is 10.0 Å². The molecule has 1 N–H and O–H groups in total. The zero-order chi connectivity index (χ0) is 16.1. The molecule has 2 saturated heterocycles. The summed E-state index contributed by atoms with van der Waals surface area (Å²) < 4.78 is 33.7. The second-order valence-electron chi connectivity index (χ2n) is 6.43. The highest BCUT2D eigenvalue weighted by molar-refractivity contribution is 7.89. The number of hydrogen-bond acceptors (Lipinski definition) is 4. The summed E-state index contributed by atoms with van der Waals surface area (Å²) in [5.41, 5.74) is 0.976. The molecule has 23 heavy (non-hydrogen) atoms. The minimum absolute atomic E-state index is 0.0704. The molecule has 0 spiro atoms. The standard InChI is InChI=1S/C17H26N2O3S/c20-23(21,14-12-19-10-4-5-11-19)18-17(16-9-6-13-22-16)15-7-2-1-3-8-15/h1-3,7-8,16-18H,4-6,9-14H2. The highest BCUT2D eigenvalue weighted by atomic mass is 32.2. The molecule has 2 unspecified atom stereocenters. The highest BCUT2D eigenvalue weighted by Gasteiger charge is 2.31. The van der Waals surface area contributed by atoms with E-state index in [2.05, 4.69) is 9.62 Å². The van der Waals surface area contributed by atoms with Crippen molar-refractivity contribution >= 4 is 10.0 Å². The summed E-state index contributed by atoms with van der Waals surface area (Å²) in [6.45, 7) is 3.36. The van der Waals surface area contributed by atoms with E-state index in [1.54, 1.807) is 0 Å². The zero-order valence-electron chi connectivity index (χ0n) is 13.5. The average Bonchev–Trinajstić information content (AvgIpc) is 3.25. The van der Waals surface area contributed by atoms with Gasteiger partial charge in [0.25, 0.3) is 0 Å². The van der Waals surface area contributed by atoms with E-state index in [9.17, 15) is 8.42 Å². The lowest BCUT2D eigenvalue weighted by Gasteiger charge is -2.25. The Labute approximate surface area is 139 Å². The van der Waals surface area contributed by atoms with E-state index in [1.807, 2.05) is 30.3 Å². The number of sulfonamides is 1. The molecule has 0 aliphatic carbocycles. The first-order chi connectivity index (χ1) is 11.1. The molecule has 1 aromatic carbocycles. The Hall–Kier alpha value is -0.950. The fraction of sp³-hybridized carbons (Fsp3) is 0.647. The van der Waals surface area contributed by atoms with Crippen LogP contribution in [0.3, 0.4) is 0 Å². The van der Waals surface area contributed by atoms with Crippen LogP contribution >= 0.6 is 0 Å². The Kier molecular flexibility index (Phi) is 5.69. The maximum absolute atomic E-state index is 12.5. The van der Waals surface area contributed by atoms with Gasteiger partial charge in [-0.3, -0.25) is 0 Å². The van der Waals surface area contributed by atoms with E-state index >= 15 is 0 Å². The lowest BCUT2D eigenvalue weighted by Crippen LogP contribution is -2.39. The molecule has 1 aromatic rings. The molecule has 128 valence electrons. The summed E-state index contributed by atoms with van der Waals surface area (Å²) in [6.07, 6.45) is 4.17. The quantitative estimate of drug-likeness (QED) is 0.825. The topological polar surface area (TPSA) is 58.6 Å². The van der Waals surface area contributed by atoms with Gasteiger partial charge >= 0.3 is 0 Å². The Morgan fingerprint density at radius 1 is 1.17 bits per heavy atom. The van der Waals surface area contributed by atoms with Crippen LogP contribution < -0.4 is 4.72 Å². The van der Waals surface area contributed by atoms with Crippen molar-refractivity contribution in [1.29, 1.82) is 0 Å². The van der Waals surface area contributed by atoms with Crippen molar-refractivity contribution in [3.05, 3.63) is 35.9 Å². The molecule has 0 amide bonds. The summed E-state index contributed by atoms with van der Waals surface area (Å²) >= 11 is 0. The van der Waals surface area contributed by atoms with Crippen molar-refractivity contribution in [3.8, 4) is 0 Å².